The van der Waals surface area contributed by atoms with Gasteiger partial charge in [0.2, 0.25) is 21.8 Å². The average Bonchev–Trinajstić information content (AvgIpc) is 2.85. The molecule has 202 valence electrons. The van der Waals surface area contributed by atoms with Gasteiger partial charge >= 0.3 is 0 Å². The van der Waals surface area contributed by atoms with Crippen LogP contribution < -0.4 is 14.4 Å². The van der Waals surface area contributed by atoms with Crippen LogP contribution in [0.3, 0.4) is 0 Å². The summed E-state index contributed by atoms with van der Waals surface area (Å²) in [5.74, 6) is -0.155. The summed E-state index contributed by atoms with van der Waals surface area (Å²) in [6.07, 6.45) is 1.21. The molecule has 2 rings (SSSR count). The Morgan fingerprint density at radius 1 is 1.14 bits per heavy atom. The molecule has 2 amide bonds. The van der Waals surface area contributed by atoms with Gasteiger partial charge in [-0.2, -0.15) is 0 Å². The topological polar surface area (TPSA) is 139 Å². The zero-order chi connectivity index (χ0) is 27.8. The molecule has 37 heavy (non-hydrogen) atoms. The molecule has 11 nitrogen and oxygen atoms in total. The van der Waals surface area contributed by atoms with Gasteiger partial charge in [-0.1, -0.05) is 39.0 Å². The minimum Gasteiger partial charge on any atom is -0.497 e. The Morgan fingerprint density at radius 3 is 2.30 bits per heavy atom. The summed E-state index contributed by atoms with van der Waals surface area (Å²) in [6.45, 7) is 5.49. The third-order valence-electron chi connectivity index (χ3n) is 5.59. The van der Waals surface area contributed by atoms with Crippen molar-refractivity contribution in [1.82, 2.24) is 10.2 Å². The monoisotopic (exact) mass is 534 g/mol. The first-order chi connectivity index (χ1) is 17.4. The molecule has 0 heterocycles. The van der Waals surface area contributed by atoms with E-state index in [1.165, 1.54) is 30.2 Å². The molecule has 1 atom stereocenters. The maximum atomic E-state index is 13.6. The highest BCUT2D eigenvalue weighted by molar-refractivity contribution is 7.92. The zero-order valence-corrected chi connectivity index (χ0v) is 22.5. The molecule has 0 aliphatic heterocycles. The first kappa shape index (κ1) is 29.6. The molecule has 12 heteroatoms. The van der Waals surface area contributed by atoms with Crippen LogP contribution in [-0.2, 0) is 26.2 Å². The van der Waals surface area contributed by atoms with Gasteiger partial charge < -0.3 is 15.0 Å². The lowest BCUT2D eigenvalue weighted by Crippen LogP contribution is -2.52. The van der Waals surface area contributed by atoms with Crippen LogP contribution in [0, 0.1) is 16.0 Å². The van der Waals surface area contributed by atoms with Gasteiger partial charge in [-0.15, -0.1) is 0 Å². The number of benzene rings is 2. The van der Waals surface area contributed by atoms with Crippen molar-refractivity contribution in [3.63, 3.8) is 0 Å². The predicted octanol–water partition coefficient (Wildman–Crippen LogP) is 2.95. The van der Waals surface area contributed by atoms with E-state index in [0.29, 0.717) is 24.3 Å². The average molecular weight is 535 g/mol. The lowest BCUT2D eigenvalue weighted by Gasteiger charge is -2.33. The van der Waals surface area contributed by atoms with Gasteiger partial charge in [-0.3, -0.25) is 24.0 Å². The molecule has 0 saturated carbocycles. The van der Waals surface area contributed by atoms with E-state index in [0.717, 1.165) is 16.6 Å². The lowest BCUT2D eigenvalue weighted by molar-refractivity contribution is -0.384. The Balaban J connectivity index is 2.45. The van der Waals surface area contributed by atoms with E-state index in [1.807, 2.05) is 13.8 Å². The Morgan fingerprint density at radius 2 is 1.78 bits per heavy atom. The standard InChI is InChI=1S/C25H34N4O7S/c1-6-23(25(31)26-15-18(2)3)27(16-19-10-12-22(36-4)13-11-19)24(30)17-28(37(5,34)35)20-8-7-9-21(14-20)29(32)33/h7-14,18,23H,6,15-17H2,1-5H3,(H,26,31)/t23-/m0/s1. The van der Waals surface area contributed by atoms with Crippen LogP contribution in [0.25, 0.3) is 0 Å². The van der Waals surface area contributed by atoms with Crippen LogP contribution in [0.1, 0.15) is 32.8 Å². The summed E-state index contributed by atoms with van der Waals surface area (Å²) in [5.41, 5.74) is 0.380. The Labute approximate surface area is 217 Å². The first-order valence-electron chi connectivity index (χ1n) is 11.8. The predicted molar refractivity (Wildman–Crippen MR) is 141 cm³/mol. The zero-order valence-electron chi connectivity index (χ0n) is 21.7. The third-order valence-corrected chi connectivity index (χ3v) is 6.73. The Bertz CT molecular complexity index is 1200. The van der Waals surface area contributed by atoms with Crippen molar-refractivity contribution in [3.8, 4) is 5.75 Å². The number of sulfonamides is 1. The van der Waals surface area contributed by atoms with Crippen LogP contribution in [-0.4, -0.2) is 62.6 Å². The summed E-state index contributed by atoms with van der Waals surface area (Å²) in [4.78, 5) is 38.6. The second-order valence-corrected chi connectivity index (χ2v) is 10.9. The molecule has 1 N–H and O–H groups in total. The number of nitro groups is 1. The quantitative estimate of drug-likeness (QED) is 0.308. The van der Waals surface area contributed by atoms with E-state index in [1.54, 1.807) is 31.2 Å². The van der Waals surface area contributed by atoms with Crippen LogP contribution >= 0.6 is 0 Å². The van der Waals surface area contributed by atoms with Gasteiger partial charge in [0, 0.05) is 25.2 Å². The van der Waals surface area contributed by atoms with Crippen LogP contribution in [0.5, 0.6) is 5.75 Å². The number of carbonyl (C=O) groups excluding carboxylic acids is 2. The molecule has 0 radical (unpaired) electrons. The van der Waals surface area contributed by atoms with E-state index in [-0.39, 0.29) is 29.7 Å². The molecular formula is C25H34N4O7S. The third kappa shape index (κ3) is 8.45. The van der Waals surface area contributed by atoms with Gasteiger partial charge in [-0.25, -0.2) is 8.42 Å². The lowest BCUT2D eigenvalue weighted by atomic mass is 10.1. The fourth-order valence-corrected chi connectivity index (χ4v) is 4.49. The van der Waals surface area contributed by atoms with Crippen molar-refractivity contribution in [2.45, 2.75) is 39.8 Å². The molecule has 0 aromatic heterocycles. The van der Waals surface area contributed by atoms with E-state index in [2.05, 4.69) is 5.32 Å². The van der Waals surface area contributed by atoms with Crippen molar-refractivity contribution in [2.75, 3.05) is 30.8 Å². The number of non-ortho nitro benzene ring substituents is 1. The minimum atomic E-state index is -4.00. The number of hydrogen-bond acceptors (Lipinski definition) is 7. The molecule has 2 aromatic rings. The highest BCUT2D eigenvalue weighted by Gasteiger charge is 2.32. The number of methoxy groups -OCH3 is 1. The fraction of sp³-hybridized carbons (Fsp3) is 0.440. The minimum absolute atomic E-state index is 0.0215. The second-order valence-electron chi connectivity index (χ2n) is 8.98. The molecule has 0 fully saturated rings. The Kier molecular flexibility index (Phi) is 10.4. The van der Waals surface area contributed by atoms with Gasteiger partial charge in [-0.05, 0) is 36.1 Å². The van der Waals surface area contributed by atoms with Gasteiger partial charge in [0.25, 0.3) is 5.69 Å². The summed E-state index contributed by atoms with van der Waals surface area (Å²) in [7, 11) is -2.47. The summed E-state index contributed by atoms with van der Waals surface area (Å²) in [5, 5.41) is 14.1. The molecule has 0 aliphatic carbocycles. The maximum Gasteiger partial charge on any atom is 0.271 e. The number of nitrogens with zero attached hydrogens (tertiary/aromatic N) is 3. The number of amides is 2. The number of ether oxygens (including phenoxy) is 1. The van der Waals surface area contributed by atoms with Crippen molar-refractivity contribution < 1.29 is 27.7 Å². The van der Waals surface area contributed by atoms with Gasteiger partial charge in [0.1, 0.15) is 18.3 Å². The highest BCUT2D eigenvalue weighted by Crippen LogP contribution is 2.24. The molecule has 0 spiro atoms. The molecule has 0 unspecified atom stereocenters. The van der Waals surface area contributed by atoms with Crippen LogP contribution in [0.15, 0.2) is 48.5 Å². The molecule has 2 aromatic carbocycles. The number of hydrogen-bond donors (Lipinski definition) is 1. The normalized spacial score (nSPS) is 12.1. The highest BCUT2D eigenvalue weighted by atomic mass is 32.2. The number of anilines is 1. The number of nitrogens with one attached hydrogen (secondary N) is 1. The van der Waals surface area contributed by atoms with Gasteiger partial charge in [0.15, 0.2) is 0 Å². The smallest absolute Gasteiger partial charge is 0.271 e. The van der Waals surface area contributed by atoms with Crippen molar-refractivity contribution in [3.05, 3.63) is 64.2 Å². The molecule has 0 bridgehead atoms. The number of nitro benzene ring substituents is 1. The summed E-state index contributed by atoms with van der Waals surface area (Å²) >= 11 is 0. The number of carbonyl (C=O) groups is 2. The van der Waals surface area contributed by atoms with Crippen molar-refractivity contribution >= 4 is 33.2 Å². The van der Waals surface area contributed by atoms with Gasteiger partial charge in [0.05, 0.1) is 24.0 Å². The molecular weight excluding hydrogens is 500 g/mol. The van der Waals surface area contributed by atoms with E-state index < -0.39 is 33.4 Å². The van der Waals surface area contributed by atoms with E-state index in [4.69, 9.17) is 4.74 Å². The van der Waals surface area contributed by atoms with Crippen LogP contribution in [0.4, 0.5) is 11.4 Å². The fourth-order valence-electron chi connectivity index (χ4n) is 3.65. The van der Waals surface area contributed by atoms with Crippen molar-refractivity contribution in [2.24, 2.45) is 5.92 Å². The van der Waals surface area contributed by atoms with Crippen LogP contribution in [0.2, 0.25) is 0 Å². The largest absolute Gasteiger partial charge is 0.497 e. The van der Waals surface area contributed by atoms with E-state index >= 15 is 0 Å². The maximum absolute atomic E-state index is 13.6. The SMILES string of the molecule is CC[C@@H](C(=O)NCC(C)C)N(Cc1ccc(OC)cc1)C(=O)CN(c1cccc([N+](=O)[O-])c1)S(C)(=O)=O. The Hall–Kier alpha value is -3.67. The molecule has 0 aliphatic rings. The number of rotatable bonds is 13. The molecule has 0 saturated heterocycles. The first-order valence-corrected chi connectivity index (χ1v) is 13.6. The van der Waals surface area contributed by atoms with Crippen molar-refractivity contribution in [1.29, 1.82) is 0 Å². The van der Waals surface area contributed by atoms with E-state index in [9.17, 15) is 28.1 Å². The second kappa shape index (κ2) is 13.0. The summed E-state index contributed by atoms with van der Waals surface area (Å²) in [6, 6.07) is 11.1. The summed E-state index contributed by atoms with van der Waals surface area (Å²) < 4.78 is 31.3.